The fourth-order valence-corrected chi connectivity index (χ4v) is 1.26. The number of likely N-dealkylation sites (N-methyl/N-ethyl adjacent to an activating group) is 1. The van der Waals surface area contributed by atoms with Gasteiger partial charge in [0.1, 0.15) is 5.75 Å². The van der Waals surface area contributed by atoms with E-state index in [0.29, 0.717) is 6.61 Å². The first-order valence-electron chi connectivity index (χ1n) is 5.94. The van der Waals surface area contributed by atoms with Gasteiger partial charge in [-0.05, 0) is 30.7 Å². The summed E-state index contributed by atoms with van der Waals surface area (Å²) in [6.07, 6.45) is 2.89. The number of ether oxygens (including phenoxy) is 2. The van der Waals surface area contributed by atoms with E-state index in [9.17, 15) is 9.59 Å². The zero-order valence-corrected chi connectivity index (χ0v) is 11.0. The van der Waals surface area contributed by atoms with Crippen LogP contribution in [0.4, 0.5) is 0 Å². The molecule has 0 radical (unpaired) electrons. The van der Waals surface area contributed by atoms with Gasteiger partial charge in [0.25, 0.3) is 5.91 Å². The molecule has 1 amide bonds. The highest BCUT2D eigenvalue weighted by Crippen LogP contribution is 2.12. The van der Waals surface area contributed by atoms with E-state index in [0.717, 1.165) is 11.3 Å². The number of hydrogen-bond donors (Lipinski definition) is 1. The van der Waals surface area contributed by atoms with E-state index in [-0.39, 0.29) is 12.5 Å². The maximum Gasteiger partial charge on any atom is 0.331 e. The highest BCUT2D eigenvalue weighted by atomic mass is 16.5. The molecule has 0 unspecified atom stereocenters. The van der Waals surface area contributed by atoms with Crippen molar-refractivity contribution < 1.29 is 19.1 Å². The maximum absolute atomic E-state index is 11.3. The van der Waals surface area contributed by atoms with E-state index < -0.39 is 5.97 Å². The third-order valence-corrected chi connectivity index (χ3v) is 2.23. The van der Waals surface area contributed by atoms with Crippen LogP contribution in [0.3, 0.4) is 0 Å². The number of carbonyl (C=O) groups is 2. The minimum atomic E-state index is -0.558. The number of nitrogens with one attached hydrogen (secondary N) is 1. The monoisotopic (exact) mass is 263 g/mol. The molecule has 5 nitrogen and oxygen atoms in total. The van der Waals surface area contributed by atoms with E-state index in [1.165, 1.54) is 13.1 Å². The minimum absolute atomic E-state index is 0.275. The third kappa shape index (κ3) is 5.72. The molecule has 0 aliphatic heterocycles. The first kappa shape index (κ1) is 14.8. The SMILES string of the molecule is CCOc1ccc(/C=C/C(=O)OCC(=O)NC)cc1. The summed E-state index contributed by atoms with van der Waals surface area (Å²) >= 11 is 0. The molecule has 5 heteroatoms. The number of benzene rings is 1. The second kappa shape index (κ2) is 7.92. The molecular formula is C14H17NO4. The summed E-state index contributed by atoms with van der Waals surface area (Å²) in [5.41, 5.74) is 0.848. The molecular weight excluding hydrogens is 246 g/mol. The van der Waals surface area contributed by atoms with Gasteiger partial charge in [0, 0.05) is 13.1 Å². The number of carbonyl (C=O) groups excluding carboxylic acids is 2. The van der Waals surface area contributed by atoms with Crippen molar-refractivity contribution in [2.45, 2.75) is 6.92 Å². The lowest BCUT2D eigenvalue weighted by atomic mass is 10.2. The number of amides is 1. The molecule has 0 heterocycles. The Balaban J connectivity index is 2.47. The molecule has 1 N–H and O–H groups in total. The Morgan fingerprint density at radius 3 is 2.53 bits per heavy atom. The van der Waals surface area contributed by atoms with Gasteiger partial charge in [-0.2, -0.15) is 0 Å². The highest BCUT2D eigenvalue weighted by Gasteiger charge is 2.01. The van der Waals surface area contributed by atoms with Gasteiger partial charge >= 0.3 is 5.97 Å². The summed E-state index contributed by atoms with van der Waals surface area (Å²) in [4.78, 5) is 22.2. The van der Waals surface area contributed by atoms with Gasteiger partial charge in [0.15, 0.2) is 6.61 Å². The number of rotatable bonds is 6. The molecule has 0 bridgehead atoms. The van der Waals surface area contributed by atoms with Crippen LogP contribution in [0.25, 0.3) is 6.08 Å². The van der Waals surface area contributed by atoms with Crippen LogP contribution in [0.2, 0.25) is 0 Å². The van der Waals surface area contributed by atoms with Crippen LogP contribution in [-0.4, -0.2) is 32.1 Å². The van der Waals surface area contributed by atoms with Crippen LogP contribution in [-0.2, 0) is 14.3 Å². The summed E-state index contributed by atoms with van der Waals surface area (Å²) in [7, 11) is 1.48. The molecule has 0 atom stereocenters. The summed E-state index contributed by atoms with van der Waals surface area (Å²) in [5.74, 6) is -0.123. The quantitative estimate of drug-likeness (QED) is 0.622. The number of hydrogen-bond acceptors (Lipinski definition) is 4. The van der Waals surface area contributed by atoms with Gasteiger partial charge in [-0.3, -0.25) is 4.79 Å². The average molecular weight is 263 g/mol. The Labute approximate surface area is 112 Å². The van der Waals surface area contributed by atoms with E-state index in [1.54, 1.807) is 6.08 Å². The Morgan fingerprint density at radius 2 is 1.95 bits per heavy atom. The topological polar surface area (TPSA) is 64.6 Å². The molecule has 0 saturated heterocycles. The Hall–Kier alpha value is -2.30. The lowest BCUT2D eigenvalue weighted by Crippen LogP contribution is -2.24. The molecule has 0 saturated carbocycles. The smallest absolute Gasteiger partial charge is 0.331 e. The van der Waals surface area contributed by atoms with Crippen molar-refractivity contribution in [1.82, 2.24) is 5.32 Å². The standard InChI is InChI=1S/C14H17NO4/c1-3-18-12-7-4-11(5-8-12)6-9-14(17)19-10-13(16)15-2/h4-9H,3,10H2,1-2H3,(H,15,16)/b9-6+. The van der Waals surface area contributed by atoms with Gasteiger partial charge in [0.05, 0.1) is 6.61 Å². The van der Waals surface area contributed by atoms with Crippen molar-refractivity contribution in [3.63, 3.8) is 0 Å². The predicted octanol–water partition coefficient (Wildman–Crippen LogP) is 1.39. The van der Waals surface area contributed by atoms with Crippen molar-refractivity contribution in [3.8, 4) is 5.75 Å². The fourth-order valence-electron chi connectivity index (χ4n) is 1.26. The number of esters is 1. The second-order valence-electron chi connectivity index (χ2n) is 3.62. The third-order valence-electron chi connectivity index (χ3n) is 2.23. The first-order valence-corrected chi connectivity index (χ1v) is 5.94. The van der Waals surface area contributed by atoms with Crippen molar-refractivity contribution in [1.29, 1.82) is 0 Å². The van der Waals surface area contributed by atoms with Crippen LogP contribution in [0.1, 0.15) is 12.5 Å². The molecule has 0 aromatic heterocycles. The highest BCUT2D eigenvalue weighted by molar-refractivity contribution is 5.89. The van der Waals surface area contributed by atoms with Crippen LogP contribution in [0.15, 0.2) is 30.3 Å². The molecule has 0 spiro atoms. The van der Waals surface area contributed by atoms with Crippen molar-refractivity contribution in [3.05, 3.63) is 35.9 Å². The maximum atomic E-state index is 11.3. The van der Waals surface area contributed by atoms with Gasteiger partial charge in [0.2, 0.25) is 0 Å². The first-order chi connectivity index (χ1) is 9.15. The van der Waals surface area contributed by atoms with E-state index >= 15 is 0 Å². The van der Waals surface area contributed by atoms with E-state index in [1.807, 2.05) is 31.2 Å². The van der Waals surface area contributed by atoms with Gasteiger partial charge < -0.3 is 14.8 Å². The lowest BCUT2D eigenvalue weighted by molar-refractivity contribution is -0.143. The molecule has 19 heavy (non-hydrogen) atoms. The van der Waals surface area contributed by atoms with Gasteiger partial charge in [-0.25, -0.2) is 4.79 Å². The Morgan fingerprint density at radius 1 is 1.26 bits per heavy atom. The molecule has 0 aliphatic rings. The molecule has 0 aliphatic carbocycles. The van der Waals surface area contributed by atoms with Gasteiger partial charge in [-0.1, -0.05) is 12.1 Å². The van der Waals surface area contributed by atoms with Crippen LogP contribution < -0.4 is 10.1 Å². The largest absolute Gasteiger partial charge is 0.494 e. The average Bonchev–Trinajstić information content (AvgIpc) is 2.44. The Kier molecular flexibility index (Phi) is 6.15. The van der Waals surface area contributed by atoms with Crippen molar-refractivity contribution in [2.75, 3.05) is 20.3 Å². The second-order valence-corrected chi connectivity index (χ2v) is 3.62. The summed E-state index contributed by atoms with van der Waals surface area (Å²) in [5, 5.41) is 2.36. The van der Waals surface area contributed by atoms with Gasteiger partial charge in [-0.15, -0.1) is 0 Å². The summed E-state index contributed by atoms with van der Waals surface area (Å²) in [6, 6.07) is 7.29. The molecule has 102 valence electrons. The summed E-state index contributed by atoms with van der Waals surface area (Å²) in [6.45, 7) is 2.25. The van der Waals surface area contributed by atoms with Crippen molar-refractivity contribution >= 4 is 18.0 Å². The normalized spacial score (nSPS) is 10.2. The molecule has 1 aromatic carbocycles. The molecule has 1 rings (SSSR count). The predicted molar refractivity (Wildman–Crippen MR) is 71.7 cm³/mol. The van der Waals surface area contributed by atoms with E-state index in [4.69, 9.17) is 9.47 Å². The summed E-state index contributed by atoms with van der Waals surface area (Å²) < 4.78 is 10.0. The zero-order chi connectivity index (χ0) is 14.1. The van der Waals surface area contributed by atoms with Crippen LogP contribution in [0.5, 0.6) is 5.75 Å². The molecule has 1 aromatic rings. The Bertz CT molecular complexity index is 451. The van der Waals surface area contributed by atoms with Crippen molar-refractivity contribution in [2.24, 2.45) is 0 Å². The zero-order valence-electron chi connectivity index (χ0n) is 11.0. The molecule has 0 fully saturated rings. The lowest BCUT2D eigenvalue weighted by Gasteiger charge is -2.02. The van der Waals surface area contributed by atoms with Crippen LogP contribution in [0, 0.1) is 0 Å². The fraction of sp³-hybridized carbons (Fsp3) is 0.286. The minimum Gasteiger partial charge on any atom is -0.494 e. The van der Waals surface area contributed by atoms with E-state index in [2.05, 4.69) is 5.32 Å². The van der Waals surface area contributed by atoms with Crippen LogP contribution >= 0.6 is 0 Å².